The van der Waals surface area contributed by atoms with Crippen LogP contribution in [0.25, 0.3) is 16.9 Å². The highest BCUT2D eigenvalue weighted by molar-refractivity contribution is 9.10. The molecule has 0 bridgehead atoms. The van der Waals surface area contributed by atoms with Gasteiger partial charge >= 0.3 is 5.69 Å². The molecule has 0 saturated heterocycles. The molecule has 0 aliphatic rings. The van der Waals surface area contributed by atoms with Gasteiger partial charge in [-0.3, -0.25) is 14.9 Å². The number of halogens is 1. The summed E-state index contributed by atoms with van der Waals surface area (Å²) in [4.78, 5) is 22.8. The molecule has 0 unspecified atom stereocenters. The van der Waals surface area contributed by atoms with Crippen molar-refractivity contribution in [3.05, 3.63) is 110 Å². The van der Waals surface area contributed by atoms with Gasteiger partial charge in [-0.25, -0.2) is 5.43 Å². The third-order valence-electron chi connectivity index (χ3n) is 5.18. The number of carbonyl (C=O) groups excluding carboxylic acids is 1. The molecular weight excluding hydrogens is 500 g/mol. The molecule has 1 amide bonds. The Labute approximate surface area is 203 Å². The summed E-state index contributed by atoms with van der Waals surface area (Å²) in [7, 11) is 0. The molecule has 0 radical (unpaired) electrons. The predicted molar refractivity (Wildman–Crippen MR) is 133 cm³/mol. The number of nitrogens with one attached hydrogen (secondary N) is 1. The Morgan fingerprint density at radius 3 is 2.47 bits per heavy atom. The maximum atomic E-state index is 12.5. The van der Waals surface area contributed by atoms with Crippen LogP contribution in [0.3, 0.4) is 0 Å². The minimum absolute atomic E-state index is 0.153. The summed E-state index contributed by atoms with van der Waals surface area (Å²) >= 11 is 3.07. The van der Waals surface area contributed by atoms with E-state index in [1.165, 1.54) is 12.3 Å². The predicted octanol–water partition coefficient (Wildman–Crippen LogP) is 5.59. The Morgan fingerprint density at radius 1 is 1.09 bits per heavy atom. The van der Waals surface area contributed by atoms with Crippen molar-refractivity contribution in [2.45, 2.75) is 6.92 Å². The number of rotatable bonds is 6. The molecule has 4 aromatic rings. The van der Waals surface area contributed by atoms with Crippen LogP contribution in [-0.2, 0) is 0 Å². The Hall–Kier alpha value is -4.24. The van der Waals surface area contributed by atoms with E-state index in [1.807, 2.05) is 55.5 Å². The second-order valence-corrected chi connectivity index (χ2v) is 8.29. The van der Waals surface area contributed by atoms with Crippen LogP contribution in [0.15, 0.2) is 88.4 Å². The van der Waals surface area contributed by atoms with E-state index >= 15 is 0 Å². The van der Waals surface area contributed by atoms with Crippen molar-refractivity contribution in [3.63, 3.8) is 0 Å². The number of hydrogen-bond acceptors (Lipinski definition) is 5. The van der Waals surface area contributed by atoms with Crippen molar-refractivity contribution in [1.82, 2.24) is 9.99 Å². The van der Waals surface area contributed by atoms with Crippen LogP contribution in [-0.4, -0.2) is 26.7 Å². The quantitative estimate of drug-likeness (QED) is 0.197. The zero-order valence-corrected chi connectivity index (χ0v) is 19.6. The van der Waals surface area contributed by atoms with Gasteiger partial charge in [-0.2, -0.15) is 5.10 Å². The van der Waals surface area contributed by atoms with E-state index in [-0.39, 0.29) is 4.47 Å². The molecule has 1 heterocycles. The van der Waals surface area contributed by atoms with Gasteiger partial charge in [0, 0.05) is 28.6 Å². The molecule has 3 aromatic carbocycles. The molecule has 9 heteroatoms. The molecule has 170 valence electrons. The highest BCUT2D eigenvalue weighted by Gasteiger charge is 2.17. The fourth-order valence-corrected chi connectivity index (χ4v) is 3.99. The lowest BCUT2D eigenvalue weighted by atomic mass is 10.1. The van der Waals surface area contributed by atoms with Gasteiger partial charge in [-0.1, -0.05) is 30.3 Å². The summed E-state index contributed by atoms with van der Waals surface area (Å²) in [6.45, 7) is 2.02. The lowest BCUT2D eigenvalue weighted by Crippen LogP contribution is -2.17. The van der Waals surface area contributed by atoms with Crippen molar-refractivity contribution in [2.24, 2.45) is 5.10 Å². The fraction of sp³-hybridized carbons (Fsp3) is 0.0400. The first-order valence-corrected chi connectivity index (χ1v) is 11.0. The summed E-state index contributed by atoms with van der Waals surface area (Å²) in [6.07, 6.45) is 1.26. The number of aromatic nitrogens is 1. The van der Waals surface area contributed by atoms with Crippen LogP contribution in [0.1, 0.15) is 21.6 Å². The molecule has 0 aliphatic heterocycles. The SMILES string of the molecule is Cc1ccc(-c2ccccc2)n1-c1ccc(C(=O)N/N=C/c2cc(Br)c(O)c([N+](=O)[O-])c2)cc1. The molecule has 8 nitrogen and oxygen atoms in total. The minimum atomic E-state index is -0.701. The second-order valence-electron chi connectivity index (χ2n) is 7.43. The van der Waals surface area contributed by atoms with E-state index in [9.17, 15) is 20.0 Å². The summed E-state index contributed by atoms with van der Waals surface area (Å²) in [6, 6.07) is 23.9. The maximum absolute atomic E-state index is 12.5. The summed E-state index contributed by atoms with van der Waals surface area (Å²) in [5, 5.41) is 24.7. The van der Waals surface area contributed by atoms with Crippen molar-refractivity contribution in [1.29, 1.82) is 0 Å². The smallest absolute Gasteiger partial charge is 0.312 e. The Kier molecular flexibility index (Phi) is 6.55. The fourth-order valence-electron chi connectivity index (χ4n) is 3.53. The number of aromatic hydroxyl groups is 1. The normalized spacial score (nSPS) is 11.0. The zero-order chi connectivity index (χ0) is 24.2. The van der Waals surface area contributed by atoms with Crippen LogP contribution in [0.2, 0.25) is 0 Å². The van der Waals surface area contributed by atoms with Gasteiger partial charge in [0.05, 0.1) is 21.3 Å². The number of nitro groups is 1. The number of benzene rings is 3. The molecule has 0 spiro atoms. The summed E-state index contributed by atoms with van der Waals surface area (Å²) in [5.41, 5.74) is 6.81. The second kappa shape index (κ2) is 9.72. The van der Waals surface area contributed by atoms with E-state index in [0.717, 1.165) is 28.7 Å². The van der Waals surface area contributed by atoms with Crippen LogP contribution in [0, 0.1) is 17.0 Å². The van der Waals surface area contributed by atoms with Gasteiger partial charge in [0.15, 0.2) is 0 Å². The van der Waals surface area contributed by atoms with Gasteiger partial charge in [-0.15, -0.1) is 0 Å². The van der Waals surface area contributed by atoms with E-state index in [1.54, 1.807) is 12.1 Å². The first-order chi connectivity index (χ1) is 16.3. The number of phenols is 1. The van der Waals surface area contributed by atoms with Crippen molar-refractivity contribution in [3.8, 4) is 22.7 Å². The van der Waals surface area contributed by atoms with Gasteiger partial charge < -0.3 is 9.67 Å². The monoisotopic (exact) mass is 518 g/mol. The number of aryl methyl sites for hydroxylation is 1. The Balaban J connectivity index is 1.50. The first kappa shape index (κ1) is 22.9. The average Bonchev–Trinajstić information content (AvgIpc) is 3.23. The highest BCUT2D eigenvalue weighted by Crippen LogP contribution is 2.34. The molecular formula is C25H19BrN4O4. The maximum Gasteiger partial charge on any atom is 0.312 e. The van der Waals surface area contributed by atoms with Gasteiger partial charge in [-0.05, 0) is 70.9 Å². The third kappa shape index (κ3) is 4.74. The van der Waals surface area contributed by atoms with Crippen molar-refractivity contribution >= 4 is 33.7 Å². The van der Waals surface area contributed by atoms with Crippen LogP contribution >= 0.6 is 15.9 Å². The Morgan fingerprint density at radius 2 is 1.79 bits per heavy atom. The van der Waals surface area contributed by atoms with Crippen LogP contribution in [0.5, 0.6) is 5.75 Å². The number of phenolic OH excluding ortho intramolecular Hbond substituents is 1. The van der Waals surface area contributed by atoms with E-state index < -0.39 is 22.3 Å². The number of nitrogens with zero attached hydrogens (tertiary/aromatic N) is 3. The third-order valence-corrected chi connectivity index (χ3v) is 5.78. The van der Waals surface area contributed by atoms with E-state index in [2.05, 4.69) is 37.1 Å². The zero-order valence-electron chi connectivity index (χ0n) is 18.0. The minimum Gasteiger partial charge on any atom is -0.501 e. The molecule has 4 rings (SSSR count). The number of carbonyl (C=O) groups is 1. The van der Waals surface area contributed by atoms with Crippen molar-refractivity contribution in [2.75, 3.05) is 0 Å². The standard InChI is InChI=1S/C25H19BrN4O4/c1-16-7-12-22(18-5-3-2-4-6-18)29(16)20-10-8-19(9-11-20)25(32)28-27-15-17-13-21(26)24(31)23(14-17)30(33)34/h2-15,31H,1H3,(H,28,32)/b27-15+. The van der Waals surface area contributed by atoms with E-state index in [4.69, 9.17) is 0 Å². The Bertz CT molecular complexity index is 1400. The lowest BCUT2D eigenvalue weighted by molar-refractivity contribution is -0.386. The molecule has 0 fully saturated rings. The number of hydrogen-bond donors (Lipinski definition) is 2. The number of amides is 1. The average molecular weight is 519 g/mol. The highest BCUT2D eigenvalue weighted by atomic mass is 79.9. The summed E-state index contributed by atoms with van der Waals surface area (Å²) < 4.78 is 2.27. The molecule has 0 saturated carbocycles. The summed E-state index contributed by atoms with van der Waals surface area (Å²) in [5.74, 6) is -0.901. The molecule has 1 aromatic heterocycles. The van der Waals surface area contributed by atoms with Gasteiger partial charge in [0.25, 0.3) is 5.91 Å². The molecule has 2 N–H and O–H groups in total. The van der Waals surface area contributed by atoms with Crippen LogP contribution < -0.4 is 5.43 Å². The lowest BCUT2D eigenvalue weighted by Gasteiger charge is -2.12. The largest absolute Gasteiger partial charge is 0.501 e. The first-order valence-electron chi connectivity index (χ1n) is 10.2. The topological polar surface area (TPSA) is 110 Å². The molecule has 0 aliphatic carbocycles. The molecule has 0 atom stereocenters. The number of hydrazone groups is 1. The van der Waals surface area contributed by atoms with Gasteiger partial charge in [0.1, 0.15) is 0 Å². The van der Waals surface area contributed by atoms with Crippen molar-refractivity contribution < 1.29 is 14.8 Å². The molecule has 34 heavy (non-hydrogen) atoms. The van der Waals surface area contributed by atoms with Crippen LogP contribution in [0.4, 0.5) is 5.69 Å². The van der Waals surface area contributed by atoms with E-state index in [0.29, 0.717) is 11.1 Å². The van der Waals surface area contributed by atoms with Gasteiger partial charge in [0.2, 0.25) is 5.75 Å². The number of nitro benzene ring substituents is 1.